The second-order valence-corrected chi connectivity index (χ2v) is 12.8. The van der Waals surface area contributed by atoms with E-state index < -0.39 is 22.8 Å². The zero-order chi connectivity index (χ0) is 29.7. The van der Waals surface area contributed by atoms with E-state index in [-0.39, 0.29) is 10.9 Å². The molecular weight excluding hydrogens is 562 g/mol. The number of morpholine rings is 1. The third-order valence-corrected chi connectivity index (χ3v) is 9.22. The molecule has 1 saturated heterocycles. The van der Waals surface area contributed by atoms with Crippen LogP contribution in [0.2, 0.25) is 0 Å². The summed E-state index contributed by atoms with van der Waals surface area (Å²) in [5.41, 5.74) is 3.14. The number of ether oxygens (including phenoxy) is 2. The van der Waals surface area contributed by atoms with Crippen molar-refractivity contribution < 1.29 is 26.7 Å². The molecule has 0 unspecified atom stereocenters. The van der Waals surface area contributed by atoms with Crippen LogP contribution in [-0.4, -0.2) is 83.1 Å². The van der Waals surface area contributed by atoms with Gasteiger partial charge in [-0.1, -0.05) is 12.0 Å². The van der Waals surface area contributed by atoms with Crippen LogP contribution >= 0.6 is 0 Å². The third kappa shape index (κ3) is 7.00. The van der Waals surface area contributed by atoms with E-state index in [1.54, 1.807) is 6.07 Å². The Hall–Kier alpha value is -3.33. The van der Waals surface area contributed by atoms with E-state index in [0.717, 1.165) is 74.8 Å². The Morgan fingerprint density at radius 1 is 1.02 bits per heavy atom. The van der Waals surface area contributed by atoms with Gasteiger partial charge < -0.3 is 24.7 Å². The van der Waals surface area contributed by atoms with E-state index in [1.165, 1.54) is 19.2 Å². The van der Waals surface area contributed by atoms with Gasteiger partial charge in [0.2, 0.25) is 0 Å². The lowest BCUT2D eigenvalue weighted by Crippen LogP contribution is -2.45. The molecule has 42 heavy (non-hydrogen) atoms. The lowest BCUT2D eigenvalue weighted by Gasteiger charge is -2.39. The van der Waals surface area contributed by atoms with Crippen LogP contribution in [0, 0.1) is 11.8 Å². The highest BCUT2D eigenvalue weighted by Gasteiger charge is 2.29. The van der Waals surface area contributed by atoms with Gasteiger partial charge >= 0.3 is 0 Å². The minimum absolute atomic E-state index is 0.181. The van der Waals surface area contributed by atoms with E-state index in [9.17, 15) is 17.2 Å². The minimum Gasteiger partial charge on any atom is -0.495 e. The summed E-state index contributed by atoms with van der Waals surface area (Å²) in [4.78, 5) is 2.73. The summed E-state index contributed by atoms with van der Waals surface area (Å²) in [7, 11) is -1.87. The molecule has 226 valence electrons. The Bertz CT molecular complexity index is 1550. The molecule has 0 spiro atoms. The summed E-state index contributed by atoms with van der Waals surface area (Å²) >= 11 is 0. The molecule has 8 nitrogen and oxygen atoms in total. The fourth-order valence-corrected chi connectivity index (χ4v) is 6.66. The lowest BCUT2D eigenvalue weighted by molar-refractivity contribution is 0.00557. The van der Waals surface area contributed by atoms with Gasteiger partial charge in [0.25, 0.3) is 6.43 Å². The van der Waals surface area contributed by atoms with Crippen LogP contribution < -0.4 is 15.4 Å². The highest BCUT2D eigenvalue weighted by Crippen LogP contribution is 2.37. The SMILES string of the molecule is COc1cc(S(C)(=O)=O)ccc1NCC#Cc1cc2c(NCC(F)F)cccc2n1C1CCC(N2CCOCC2)CC1. The fourth-order valence-electron chi connectivity index (χ4n) is 6.03. The molecule has 2 aromatic carbocycles. The van der Waals surface area contributed by atoms with Gasteiger partial charge in [0, 0.05) is 48.6 Å². The number of hydrogen-bond donors (Lipinski definition) is 2. The van der Waals surface area contributed by atoms with E-state index in [1.807, 2.05) is 24.3 Å². The number of aromatic nitrogens is 1. The molecule has 0 radical (unpaired) electrons. The molecular formula is C31H38F2N4O4S. The predicted molar refractivity (Wildman–Crippen MR) is 162 cm³/mol. The van der Waals surface area contributed by atoms with Crippen molar-refractivity contribution in [2.24, 2.45) is 0 Å². The van der Waals surface area contributed by atoms with Gasteiger partial charge in [0.1, 0.15) is 5.75 Å². The van der Waals surface area contributed by atoms with Crippen molar-refractivity contribution in [1.29, 1.82) is 0 Å². The van der Waals surface area contributed by atoms with Gasteiger partial charge in [-0.2, -0.15) is 0 Å². The summed E-state index contributed by atoms with van der Waals surface area (Å²) in [6, 6.07) is 13.3. The first kappa shape index (κ1) is 30.1. The number of rotatable bonds is 9. The van der Waals surface area contributed by atoms with Gasteiger partial charge in [0.05, 0.1) is 55.2 Å². The number of alkyl halides is 2. The molecule has 2 N–H and O–H groups in total. The van der Waals surface area contributed by atoms with E-state index in [0.29, 0.717) is 29.7 Å². The summed E-state index contributed by atoms with van der Waals surface area (Å²) in [5.74, 6) is 6.94. The predicted octanol–water partition coefficient (Wildman–Crippen LogP) is 5.01. The zero-order valence-electron chi connectivity index (χ0n) is 24.0. The molecule has 1 saturated carbocycles. The van der Waals surface area contributed by atoms with Gasteiger partial charge in [-0.3, -0.25) is 4.90 Å². The second kappa shape index (κ2) is 13.3. The van der Waals surface area contributed by atoms with Crippen molar-refractivity contribution in [2.45, 2.75) is 49.1 Å². The van der Waals surface area contributed by atoms with Gasteiger partial charge in [-0.05, 0) is 61.9 Å². The van der Waals surface area contributed by atoms with Crippen LogP contribution in [0.4, 0.5) is 20.2 Å². The van der Waals surface area contributed by atoms with Crippen LogP contribution in [0.25, 0.3) is 10.9 Å². The number of halogens is 2. The Morgan fingerprint density at radius 2 is 1.76 bits per heavy atom. The number of nitrogens with one attached hydrogen (secondary N) is 2. The number of fused-ring (bicyclic) bond motifs is 1. The Kier molecular flexibility index (Phi) is 9.56. The molecule has 2 heterocycles. The summed E-state index contributed by atoms with van der Waals surface area (Å²) in [6.07, 6.45) is 2.90. The van der Waals surface area contributed by atoms with Crippen molar-refractivity contribution in [3.8, 4) is 17.6 Å². The van der Waals surface area contributed by atoms with Crippen LogP contribution in [0.15, 0.2) is 47.4 Å². The van der Waals surface area contributed by atoms with Gasteiger partial charge in [-0.15, -0.1) is 0 Å². The number of sulfone groups is 1. The standard InChI is InChI=1S/C31H38F2N4O4S/c1-40-30-20-25(42(2,38)39)12-13-28(30)34-14-4-5-24-19-26-27(35-21-31(32)33)6-3-7-29(26)37(24)23-10-8-22(9-11-23)36-15-17-41-18-16-36/h3,6-7,12-13,19-20,22-23,31,34-35H,8-11,14-18,21H2,1-2H3. The smallest absolute Gasteiger partial charge is 0.255 e. The number of hydrogen-bond acceptors (Lipinski definition) is 7. The zero-order valence-corrected chi connectivity index (χ0v) is 24.9. The molecule has 5 rings (SSSR count). The Labute approximate surface area is 246 Å². The van der Waals surface area contributed by atoms with E-state index in [4.69, 9.17) is 9.47 Å². The molecule has 11 heteroatoms. The van der Waals surface area contributed by atoms with Crippen molar-refractivity contribution in [3.63, 3.8) is 0 Å². The Morgan fingerprint density at radius 3 is 2.45 bits per heavy atom. The average molecular weight is 601 g/mol. The number of methoxy groups -OCH3 is 1. The summed E-state index contributed by atoms with van der Waals surface area (Å²) in [6.45, 7) is 3.42. The van der Waals surface area contributed by atoms with Crippen molar-refractivity contribution >= 4 is 32.1 Å². The molecule has 1 aliphatic heterocycles. The first-order chi connectivity index (χ1) is 20.2. The van der Waals surface area contributed by atoms with Crippen molar-refractivity contribution in [3.05, 3.63) is 48.2 Å². The second-order valence-electron chi connectivity index (χ2n) is 10.8. The molecule has 1 aliphatic carbocycles. The van der Waals surface area contributed by atoms with Crippen LogP contribution in [0.3, 0.4) is 0 Å². The maximum Gasteiger partial charge on any atom is 0.255 e. The average Bonchev–Trinajstić information content (AvgIpc) is 3.37. The van der Waals surface area contributed by atoms with Crippen molar-refractivity contribution in [2.75, 3.05) is 63.4 Å². The summed E-state index contributed by atoms with van der Waals surface area (Å²) < 4.78 is 63.1. The molecule has 0 bridgehead atoms. The third-order valence-electron chi connectivity index (χ3n) is 8.11. The largest absolute Gasteiger partial charge is 0.495 e. The molecule has 3 aromatic rings. The minimum atomic E-state index is -3.36. The fraction of sp³-hybridized carbons (Fsp3) is 0.484. The monoisotopic (exact) mass is 600 g/mol. The first-order valence-electron chi connectivity index (χ1n) is 14.3. The van der Waals surface area contributed by atoms with Gasteiger partial charge in [0.15, 0.2) is 9.84 Å². The maximum atomic E-state index is 13.0. The quantitative estimate of drug-likeness (QED) is 0.334. The van der Waals surface area contributed by atoms with Gasteiger partial charge in [-0.25, -0.2) is 17.2 Å². The topological polar surface area (TPSA) is 84.8 Å². The highest BCUT2D eigenvalue weighted by atomic mass is 32.2. The number of anilines is 2. The molecule has 0 amide bonds. The van der Waals surface area contributed by atoms with Crippen LogP contribution in [0.1, 0.15) is 37.4 Å². The molecule has 2 aliphatic rings. The van der Waals surface area contributed by atoms with Crippen LogP contribution in [-0.2, 0) is 14.6 Å². The molecule has 2 fully saturated rings. The van der Waals surface area contributed by atoms with Crippen LogP contribution in [0.5, 0.6) is 5.75 Å². The van der Waals surface area contributed by atoms with E-state index >= 15 is 0 Å². The number of benzene rings is 2. The van der Waals surface area contributed by atoms with Crippen molar-refractivity contribution in [1.82, 2.24) is 9.47 Å². The van der Waals surface area contributed by atoms with E-state index in [2.05, 4.69) is 31.9 Å². The maximum absolute atomic E-state index is 13.0. The normalized spacial score (nSPS) is 19.8. The Balaban J connectivity index is 1.39. The molecule has 0 atom stereocenters. The summed E-state index contributed by atoms with van der Waals surface area (Å²) in [5, 5.41) is 6.99. The lowest BCUT2D eigenvalue weighted by atomic mass is 9.89. The number of nitrogens with zero attached hydrogens (tertiary/aromatic N) is 2. The highest BCUT2D eigenvalue weighted by molar-refractivity contribution is 7.90. The molecule has 1 aromatic heterocycles. The first-order valence-corrected chi connectivity index (χ1v) is 16.2.